The zero-order valence-electron chi connectivity index (χ0n) is 18.6. The van der Waals surface area contributed by atoms with Gasteiger partial charge in [-0.3, -0.25) is 4.79 Å². The third-order valence-electron chi connectivity index (χ3n) is 5.07. The van der Waals surface area contributed by atoms with Crippen LogP contribution in [0.2, 0.25) is 10.0 Å². The Morgan fingerprint density at radius 2 is 1.59 bits per heavy atom. The van der Waals surface area contributed by atoms with Crippen LogP contribution in [0.25, 0.3) is 0 Å². The summed E-state index contributed by atoms with van der Waals surface area (Å²) >= 11 is 12.1. The fourth-order valence-electron chi connectivity index (χ4n) is 3.71. The van der Waals surface area contributed by atoms with Crippen LogP contribution in [-0.2, 0) is 21.4 Å². The summed E-state index contributed by atoms with van der Waals surface area (Å²) in [4.78, 5) is 12.8. The van der Waals surface area contributed by atoms with Gasteiger partial charge >= 0.3 is 0 Å². The Morgan fingerprint density at radius 3 is 2.18 bits per heavy atom. The van der Waals surface area contributed by atoms with E-state index < -0.39 is 34.1 Å². The van der Waals surface area contributed by atoms with E-state index in [-0.39, 0.29) is 22.2 Å². The number of sulfonamides is 1. The smallest absolute Gasteiger partial charge is 0.244 e. The van der Waals surface area contributed by atoms with Gasteiger partial charge in [0.2, 0.25) is 15.9 Å². The SMILES string of the molecule is Cc1cc(C)c(S(=O)(=O)N(CC(=O)Nc2ccc(F)cc2F)Cc2ccc(Cl)c(Cl)c2)c(C)c1. The highest BCUT2D eigenvalue weighted by Gasteiger charge is 2.30. The lowest BCUT2D eigenvalue weighted by atomic mass is 10.1. The lowest BCUT2D eigenvalue weighted by Gasteiger charge is -2.24. The molecule has 0 fully saturated rings. The molecule has 1 N–H and O–H groups in total. The van der Waals surface area contributed by atoms with E-state index in [0.717, 1.165) is 22.0 Å². The number of hydrogen-bond acceptors (Lipinski definition) is 3. The highest BCUT2D eigenvalue weighted by atomic mass is 35.5. The molecule has 5 nitrogen and oxygen atoms in total. The number of amides is 1. The van der Waals surface area contributed by atoms with Gasteiger partial charge in [-0.15, -0.1) is 0 Å². The van der Waals surface area contributed by atoms with Crippen LogP contribution in [0.3, 0.4) is 0 Å². The Balaban J connectivity index is 1.99. The van der Waals surface area contributed by atoms with Crippen molar-refractivity contribution in [1.82, 2.24) is 4.31 Å². The first-order valence-corrected chi connectivity index (χ1v) is 12.3. The molecule has 10 heteroatoms. The topological polar surface area (TPSA) is 66.5 Å². The van der Waals surface area contributed by atoms with Crippen LogP contribution in [0.1, 0.15) is 22.3 Å². The van der Waals surface area contributed by atoms with Crippen molar-refractivity contribution in [2.24, 2.45) is 0 Å². The van der Waals surface area contributed by atoms with Crippen LogP contribution in [-0.4, -0.2) is 25.2 Å². The maximum absolute atomic E-state index is 14.0. The van der Waals surface area contributed by atoms with Crippen molar-refractivity contribution in [3.8, 4) is 0 Å². The zero-order valence-corrected chi connectivity index (χ0v) is 21.0. The van der Waals surface area contributed by atoms with E-state index in [0.29, 0.717) is 27.8 Å². The number of anilines is 1. The summed E-state index contributed by atoms with van der Waals surface area (Å²) in [7, 11) is -4.16. The van der Waals surface area contributed by atoms with Crippen molar-refractivity contribution >= 4 is 44.8 Å². The number of nitrogens with one attached hydrogen (secondary N) is 1. The highest BCUT2D eigenvalue weighted by molar-refractivity contribution is 7.89. The van der Waals surface area contributed by atoms with Gasteiger partial charge in [-0.1, -0.05) is 47.0 Å². The van der Waals surface area contributed by atoms with E-state index in [1.807, 2.05) is 6.92 Å². The van der Waals surface area contributed by atoms with Crippen molar-refractivity contribution < 1.29 is 22.0 Å². The van der Waals surface area contributed by atoms with Crippen LogP contribution in [0.4, 0.5) is 14.5 Å². The maximum Gasteiger partial charge on any atom is 0.244 e. The number of carbonyl (C=O) groups is 1. The standard InChI is InChI=1S/C24H22Cl2F2N2O3S/c1-14-8-15(2)24(16(3)9-14)34(32,33)30(12-17-4-6-19(25)20(26)10-17)13-23(31)29-22-7-5-18(27)11-21(22)28/h4-11H,12-13H2,1-3H3,(H,29,31). The summed E-state index contributed by atoms with van der Waals surface area (Å²) in [5.74, 6) is -2.57. The molecule has 0 bridgehead atoms. The second-order valence-corrected chi connectivity index (χ2v) is 10.6. The summed E-state index contributed by atoms with van der Waals surface area (Å²) < 4.78 is 55.6. The number of aryl methyl sites for hydroxylation is 3. The van der Waals surface area contributed by atoms with Crippen LogP contribution in [0.15, 0.2) is 53.4 Å². The molecule has 0 radical (unpaired) electrons. The molecule has 3 rings (SSSR count). The lowest BCUT2D eigenvalue weighted by molar-refractivity contribution is -0.116. The van der Waals surface area contributed by atoms with Crippen molar-refractivity contribution in [3.05, 3.63) is 92.5 Å². The molecule has 0 aliphatic heterocycles. The zero-order chi connectivity index (χ0) is 25.2. The molecular formula is C24H22Cl2F2N2O3S. The van der Waals surface area contributed by atoms with E-state index in [1.165, 1.54) is 12.1 Å². The molecule has 34 heavy (non-hydrogen) atoms. The average Bonchev–Trinajstić information content (AvgIpc) is 2.71. The predicted molar refractivity (Wildman–Crippen MR) is 130 cm³/mol. The normalized spacial score (nSPS) is 11.6. The lowest BCUT2D eigenvalue weighted by Crippen LogP contribution is -2.38. The van der Waals surface area contributed by atoms with Gasteiger partial charge in [0.05, 0.1) is 27.2 Å². The summed E-state index contributed by atoms with van der Waals surface area (Å²) in [6, 6.07) is 10.8. The quantitative estimate of drug-likeness (QED) is 0.408. The van der Waals surface area contributed by atoms with Crippen molar-refractivity contribution in [2.75, 3.05) is 11.9 Å². The molecule has 0 spiro atoms. The van der Waals surface area contributed by atoms with Crippen molar-refractivity contribution in [1.29, 1.82) is 0 Å². The first-order chi connectivity index (χ1) is 15.9. The number of carbonyl (C=O) groups excluding carboxylic acids is 1. The van der Waals surface area contributed by atoms with E-state index in [2.05, 4.69) is 5.32 Å². The van der Waals surface area contributed by atoms with Gasteiger partial charge in [-0.2, -0.15) is 4.31 Å². The molecule has 0 saturated carbocycles. The predicted octanol–water partition coefficient (Wildman–Crippen LogP) is 6.03. The van der Waals surface area contributed by atoms with E-state index in [9.17, 15) is 22.0 Å². The Kier molecular flexibility index (Phi) is 7.98. The molecule has 3 aromatic carbocycles. The molecule has 0 aromatic heterocycles. The molecule has 0 unspecified atom stereocenters. The Hall–Kier alpha value is -2.52. The van der Waals surface area contributed by atoms with Crippen LogP contribution >= 0.6 is 23.2 Å². The van der Waals surface area contributed by atoms with Crippen molar-refractivity contribution in [3.63, 3.8) is 0 Å². The third kappa shape index (κ3) is 5.93. The molecule has 1 amide bonds. The minimum absolute atomic E-state index is 0.0823. The molecule has 0 heterocycles. The molecule has 3 aromatic rings. The first kappa shape index (κ1) is 26.1. The van der Waals surface area contributed by atoms with E-state index in [1.54, 1.807) is 32.0 Å². The molecule has 0 atom stereocenters. The number of hydrogen-bond donors (Lipinski definition) is 1. The number of benzene rings is 3. The third-order valence-corrected chi connectivity index (χ3v) is 7.91. The minimum Gasteiger partial charge on any atom is -0.322 e. The highest BCUT2D eigenvalue weighted by Crippen LogP contribution is 2.28. The van der Waals surface area contributed by atoms with Gasteiger partial charge in [0, 0.05) is 12.6 Å². The monoisotopic (exact) mass is 526 g/mol. The van der Waals surface area contributed by atoms with Gasteiger partial charge < -0.3 is 5.32 Å². The Morgan fingerprint density at radius 1 is 0.941 bits per heavy atom. The summed E-state index contributed by atoms with van der Waals surface area (Å²) in [6.45, 7) is 4.41. The fourth-order valence-corrected chi connectivity index (χ4v) is 5.83. The second kappa shape index (κ2) is 10.4. The largest absolute Gasteiger partial charge is 0.322 e. The van der Waals surface area contributed by atoms with Crippen LogP contribution in [0, 0.1) is 32.4 Å². The molecule has 0 aliphatic rings. The van der Waals surface area contributed by atoms with Gasteiger partial charge in [0.15, 0.2) is 0 Å². The second-order valence-electron chi connectivity index (χ2n) is 7.92. The molecular weight excluding hydrogens is 505 g/mol. The van der Waals surface area contributed by atoms with E-state index in [4.69, 9.17) is 23.2 Å². The van der Waals surface area contributed by atoms with Crippen LogP contribution < -0.4 is 5.32 Å². The molecule has 180 valence electrons. The van der Waals surface area contributed by atoms with Crippen molar-refractivity contribution in [2.45, 2.75) is 32.2 Å². The van der Waals surface area contributed by atoms with E-state index >= 15 is 0 Å². The number of rotatable bonds is 7. The Bertz CT molecular complexity index is 1340. The summed E-state index contributed by atoms with van der Waals surface area (Å²) in [5, 5.41) is 2.84. The minimum atomic E-state index is -4.16. The molecule has 0 saturated heterocycles. The van der Waals surface area contributed by atoms with Gasteiger partial charge in [0.25, 0.3) is 0 Å². The number of halogens is 4. The summed E-state index contributed by atoms with van der Waals surface area (Å²) in [6.07, 6.45) is 0. The average molecular weight is 527 g/mol. The first-order valence-electron chi connectivity index (χ1n) is 10.2. The Labute approximate surface area is 207 Å². The van der Waals surface area contributed by atoms with Gasteiger partial charge in [0.1, 0.15) is 11.6 Å². The van der Waals surface area contributed by atoms with Gasteiger partial charge in [-0.25, -0.2) is 17.2 Å². The summed E-state index contributed by atoms with van der Waals surface area (Å²) in [5.41, 5.74) is 2.19. The van der Waals surface area contributed by atoms with Gasteiger partial charge in [-0.05, 0) is 61.7 Å². The number of nitrogens with zero attached hydrogens (tertiary/aromatic N) is 1. The van der Waals surface area contributed by atoms with Crippen LogP contribution in [0.5, 0.6) is 0 Å². The maximum atomic E-state index is 14.0. The molecule has 0 aliphatic carbocycles. The fraction of sp³-hybridized carbons (Fsp3) is 0.208.